The summed E-state index contributed by atoms with van der Waals surface area (Å²) < 4.78 is 7.60. The van der Waals surface area contributed by atoms with Crippen LogP contribution >= 0.6 is 0 Å². The van der Waals surface area contributed by atoms with E-state index in [2.05, 4.69) is 28.7 Å². The number of carbonyl (C=O) groups is 2. The molecule has 188 valence electrons. The molecular formula is C27H36N4O4. The van der Waals surface area contributed by atoms with Crippen LogP contribution in [-0.4, -0.2) is 47.5 Å². The summed E-state index contributed by atoms with van der Waals surface area (Å²) >= 11 is 0. The lowest BCUT2D eigenvalue weighted by atomic mass is 9.94. The van der Waals surface area contributed by atoms with Crippen molar-refractivity contribution in [3.05, 3.63) is 63.2 Å². The number of rotatable bonds is 11. The number of pyridine rings is 1. The topological polar surface area (TPSA) is 96.4 Å². The second kappa shape index (κ2) is 11.3. The minimum Gasteiger partial charge on any atom is -0.496 e. The number of hydrogen-bond donors (Lipinski definition) is 2. The van der Waals surface area contributed by atoms with E-state index in [4.69, 9.17) is 4.74 Å². The van der Waals surface area contributed by atoms with Crippen LogP contribution in [0.3, 0.4) is 0 Å². The van der Waals surface area contributed by atoms with Gasteiger partial charge < -0.3 is 24.5 Å². The highest BCUT2D eigenvalue weighted by atomic mass is 16.5. The van der Waals surface area contributed by atoms with Crippen molar-refractivity contribution in [3.8, 4) is 5.75 Å². The molecule has 0 bridgehead atoms. The van der Waals surface area contributed by atoms with Gasteiger partial charge in [-0.1, -0.05) is 31.5 Å². The maximum atomic E-state index is 13.4. The fourth-order valence-electron chi connectivity index (χ4n) is 4.91. The first-order chi connectivity index (χ1) is 16.7. The second-order valence-corrected chi connectivity index (χ2v) is 9.14. The van der Waals surface area contributed by atoms with Crippen LogP contribution in [0.4, 0.5) is 0 Å². The molecule has 2 atom stereocenters. The maximum absolute atomic E-state index is 13.4. The Balaban J connectivity index is 1.94. The van der Waals surface area contributed by atoms with Gasteiger partial charge in [-0.15, -0.1) is 0 Å². The number of H-pyrrole nitrogens is 1. The SMILES string of the molecule is CCC(CCN(C)C=O)C(C)n1c(C)c(C(=O)NCc2c(OC)cc(C)[nH]c2=O)c2ccccc21. The number of benzene rings is 1. The van der Waals surface area contributed by atoms with E-state index >= 15 is 0 Å². The number of aromatic amines is 1. The van der Waals surface area contributed by atoms with Crippen molar-refractivity contribution in [1.29, 1.82) is 0 Å². The van der Waals surface area contributed by atoms with Gasteiger partial charge in [0, 0.05) is 41.9 Å². The summed E-state index contributed by atoms with van der Waals surface area (Å²) in [4.78, 5) is 41.4. The standard InChI is InChI=1S/C27H36N4O4/c1-7-20(12-13-30(5)16-32)18(3)31-19(4)25(21-10-8-9-11-23(21)31)27(34)28-15-22-24(35-6)14-17(2)29-26(22)33/h8-11,14,16,18,20H,7,12-13,15H2,1-6H3,(H,28,34)(H,29,33). The molecule has 1 aromatic carbocycles. The minimum absolute atomic E-state index is 0.0573. The van der Waals surface area contributed by atoms with E-state index < -0.39 is 0 Å². The van der Waals surface area contributed by atoms with E-state index in [0.717, 1.165) is 35.8 Å². The van der Waals surface area contributed by atoms with Crippen molar-refractivity contribution in [2.75, 3.05) is 20.7 Å². The van der Waals surface area contributed by atoms with Crippen LogP contribution in [0.25, 0.3) is 10.9 Å². The molecular weight excluding hydrogens is 444 g/mol. The third-order valence-electron chi connectivity index (χ3n) is 6.91. The minimum atomic E-state index is -0.277. The van der Waals surface area contributed by atoms with Gasteiger partial charge in [0.25, 0.3) is 11.5 Å². The molecule has 0 saturated carbocycles. The van der Waals surface area contributed by atoms with Gasteiger partial charge in [-0.05, 0) is 45.2 Å². The van der Waals surface area contributed by atoms with Gasteiger partial charge in [-0.25, -0.2) is 0 Å². The predicted octanol–water partition coefficient (Wildman–Crippen LogP) is 3.95. The largest absolute Gasteiger partial charge is 0.496 e. The third kappa shape index (κ3) is 5.42. The number of ether oxygens (including phenoxy) is 1. The molecule has 0 aliphatic rings. The van der Waals surface area contributed by atoms with Crippen LogP contribution in [0, 0.1) is 19.8 Å². The number of carbonyl (C=O) groups excluding carboxylic acids is 2. The fraction of sp³-hybridized carbons (Fsp3) is 0.444. The fourth-order valence-corrected chi connectivity index (χ4v) is 4.91. The number of para-hydroxylation sites is 1. The van der Waals surface area contributed by atoms with Crippen molar-refractivity contribution < 1.29 is 14.3 Å². The predicted molar refractivity (Wildman–Crippen MR) is 138 cm³/mol. The highest BCUT2D eigenvalue weighted by Crippen LogP contribution is 2.34. The summed E-state index contributed by atoms with van der Waals surface area (Å²) in [5.74, 6) is 0.545. The van der Waals surface area contributed by atoms with Gasteiger partial charge in [0.05, 0.1) is 24.8 Å². The quantitative estimate of drug-likeness (QED) is 0.406. The molecule has 2 unspecified atom stereocenters. The molecule has 0 aliphatic heterocycles. The molecule has 0 fully saturated rings. The number of methoxy groups -OCH3 is 1. The number of fused-ring (bicyclic) bond motifs is 1. The van der Waals surface area contributed by atoms with Gasteiger partial charge >= 0.3 is 0 Å². The molecule has 2 heterocycles. The molecule has 3 rings (SSSR count). The Hall–Kier alpha value is -3.55. The molecule has 0 radical (unpaired) electrons. The summed E-state index contributed by atoms with van der Waals surface area (Å²) in [6, 6.07) is 9.78. The number of nitrogens with one attached hydrogen (secondary N) is 2. The average molecular weight is 481 g/mol. The lowest BCUT2D eigenvalue weighted by molar-refractivity contribution is -0.117. The summed E-state index contributed by atoms with van der Waals surface area (Å²) in [6.45, 7) is 8.82. The zero-order valence-corrected chi connectivity index (χ0v) is 21.5. The number of aryl methyl sites for hydroxylation is 1. The molecule has 2 N–H and O–H groups in total. The first-order valence-corrected chi connectivity index (χ1v) is 12.0. The average Bonchev–Trinajstić information content (AvgIpc) is 3.14. The second-order valence-electron chi connectivity index (χ2n) is 9.14. The highest BCUT2D eigenvalue weighted by molar-refractivity contribution is 6.08. The lowest BCUT2D eigenvalue weighted by Gasteiger charge is -2.28. The van der Waals surface area contributed by atoms with E-state index in [-0.39, 0.29) is 24.1 Å². The van der Waals surface area contributed by atoms with Crippen LogP contribution in [0.2, 0.25) is 0 Å². The zero-order valence-electron chi connectivity index (χ0n) is 21.5. The van der Waals surface area contributed by atoms with Crippen LogP contribution in [0.5, 0.6) is 5.75 Å². The Morgan fingerprint density at radius 1 is 1.29 bits per heavy atom. The smallest absolute Gasteiger partial charge is 0.256 e. The van der Waals surface area contributed by atoms with Crippen molar-refractivity contribution in [3.63, 3.8) is 0 Å². The van der Waals surface area contributed by atoms with Crippen molar-refractivity contribution in [2.24, 2.45) is 5.92 Å². The Kier molecular flexibility index (Phi) is 8.38. The van der Waals surface area contributed by atoms with Crippen LogP contribution < -0.4 is 15.6 Å². The van der Waals surface area contributed by atoms with E-state index in [1.807, 2.05) is 31.2 Å². The van der Waals surface area contributed by atoms with Crippen LogP contribution in [-0.2, 0) is 11.3 Å². The summed E-state index contributed by atoms with van der Waals surface area (Å²) in [7, 11) is 3.30. The lowest BCUT2D eigenvalue weighted by Crippen LogP contribution is -2.28. The van der Waals surface area contributed by atoms with Gasteiger partial charge in [0.1, 0.15) is 5.75 Å². The van der Waals surface area contributed by atoms with Crippen LogP contribution in [0.15, 0.2) is 35.1 Å². The molecule has 35 heavy (non-hydrogen) atoms. The normalized spacial score (nSPS) is 12.9. The first-order valence-electron chi connectivity index (χ1n) is 12.0. The molecule has 8 nitrogen and oxygen atoms in total. The maximum Gasteiger partial charge on any atom is 0.256 e. The molecule has 0 spiro atoms. The van der Waals surface area contributed by atoms with Crippen LogP contribution in [0.1, 0.15) is 60.0 Å². The van der Waals surface area contributed by atoms with E-state index in [1.54, 1.807) is 24.9 Å². The molecule has 0 saturated heterocycles. The van der Waals surface area contributed by atoms with Crippen molar-refractivity contribution >= 4 is 23.2 Å². The van der Waals surface area contributed by atoms with Gasteiger partial charge in [0.2, 0.25) is 6.41 Å². The number of aromatic nitrogens is 2. The number of nitrogens with zero attached hydrogens (tertiary/aromatic N) is 2. The van der Waals surface area contributed by atoms with Crippen molar-refractivity contribution in [2.45, 2.75) is 53.1 Å². The molecule has 3 aromatic rings. The molecule has 0 aliphatic carbocycles. The van der Waals surface area contributed by atoms with E-state index in [0.29, 0.717) is 35.0 Å². The monoisotopic (exact) mass is 480 g/mol. The van der Waals surface area contributed by atoms with Crippen molar-refractivity contribution in [1.82, 2.24) is 19.8 Å². The first kappa shape index (κ1) is 26.1. The van der Waals surface area contributed by atoms with Gasteiger partial charge in [0.15, 0.2) is 0 Å². The highest BCUT2D eigenvalue weighted by Gasteiger charge is 2.26. The Labute approximate surface area is 206 Å². The number of hydrogen-bond acceptors (Lipinski definition) is 4. The Morgan fingerprint density at radius 3 is 2.66 bits per heavy atom. The van der Waals surface area contributed by atoms with Gasteiger partial charge in [-0.3, -0.25) is 14.4 Å². The van der Waals surface area contributed by atoms with Gasteiger partial charge in [-0.2, -0.15) is 0 Å². The molecule has 2 amide bonds. The Bertz CT molecular complexity index is 1260. The van der Waals surface area contributed by atoms with E-state index in [9.17, 15) is 14.4 Å². The summed E-state index contributed by atoms with van der Waals surface area (Å²) in [6.07, 6.45) is 2.68. The molecule has 2 aromatic heterocycles. The Morgan fingerprint density at radius 2 is 2.00 bits per heavy atom. The third-order valence-corrected chi connectivity index (χ3v) is 6.91. The summed E-state index contributed by atoms with van der Waals surface area (Å²) in [5, 5.41) is 3.80. The number of amides is 2. The zero-order chi connectivity index (χ0) is 25.7. The summed E-state index contributed by atoms with van der Waals surface area (Å²) in [5.41, 5.74) is 3.28. The van der Waals surface area contributed by atoms with E-state index in [1.165, 1.54) is 7.11 Å². The molecule has 8 heteroatoms.